The van der Waals surface area contributed by atoms with Gasteiger partial charge >= 0.3 is 0 Å². The molecular formula is C20H23N3O3. The third-order valence-corrected chi connectivity index (χ3v) is 4.38. The molecule has 136 valence electrons. The lowest BCUT2D eigenvalue weighted by Crippen LogP contribution is -2.48. The van der Waals surface area contributed by atoms with Gasteiger partial charge in [-0.15, -0.1) is 0 Å². The van der Waals surface area contributed by atoms with Crippen molar-refractivity contribution in [2.24, 2.45) is 0 Å². The number of furan rings is 1. The highest BCUT2D eigenvalue weighted by atomic mass is 16.3. The highest BCUT2D eigenvalue weighted by molar-refractivity contribution is 6.01. The van der Waals surface area contributed by atoms with Gasteiger partial charge in [-0.25, -0.2) is 0 Å². The summed E-state index contributed by atoms with van der Waals surface area (Å²) < 4.78 is 5.15. The van der Waals surface area contributed by atoms with E-state index in [0.29, 0.717) is 12.2 Å². The van der Waals surface area contributed by atoms with Gasteiger partial charge in [0.1, 0.15) is 5.76 Å². The molecule has 0 aliphatic carbocycles. The van der Waals surface area contributed by atoms with E-state index in [4.69, 9.17) is 4.42 Å². The highest BCUT2D eigenvalue weighted by Gasteiger charge is 2.19. The van der Waals surface area contributed by atoms with Gasteiger partial charge < -0.3 is 19.5 Å². The minimum absolute atomic E-state index is 0.208. The van der Waals surface area contributed by atoms with Gasteiger partial charge in [0.05, 0.1) is 6.26 Å². The van der Waals surface area contributed by atoms with Crippen LogP contribution in [0.25, 0.3) is 6.08 Å². The Morgan fingerprint density at radius 2 is 1.85 bits per heavy atom. The molecule has 1 aliphatic rings. The number of anilines is 2. The number of amides is 2. The van der Waals surface area contributed by atoms with Crippen LogP contribution in [0.4, 0.5) is 11.4 Å². The van der Waals surface area contributed by atoms with Crippen LogP contribution in [-0.2, 0) is 9.59 Å². The molecule has 26 heavy (non-hydrogen) atoms. The number of hydrogen-bond donors (Lipinski definition) is 1. The second-order valence-corrected chi connectivity index (χ2v) is 6.11. The molecule has 6 nitrogen and oxygen atoms in total. The van der Waals surface area contributed by atoms with Gasteiger partial charge in [0.15, 0.2) is 0 Å². The van der Waals surface area contributed by atoms with Crippen LogP contribution in [0.2, 0.25) is 0 Å². The Morgan fingerprint density at radius 1 is 1.12 bits per heavy atom. The number of benzene rings is 1. The van der Waals surface area contributed by atoms with Crippen molar-refractivity contribution in [3.8, 4) is 0 Å². The Morgan fingerprint density at radius 3 is 2.46 bits per heavy atom. The molecule has 1 aromatic carbocycles. The summed E-state index contributed by atoms with van der Waals surface area (Å²) in [5.41, 5.74) is 1.83. The molecule has 1 fully saturated rings. The first-order chi connectivity index (χ1) is 12.7. The molecule has 0 spiro atoms. The van der Waals surface area contributed by atoms with Crippen molar-refractivity contribution in [2.75, 3.05) is 36.4 Å². The van der Waals surface area contributed by atoms with Gasteiger partial charge in [0.25, 0.3) is 0 Å². The van der Waals surface area contributed by atoms with Crippen LogP contribution >= 0.6 is 0 Å². The number of nitrogens with zero attached hydrogens (tertiary/aromatic N) is 2. The van der Waals surface area contributed by atoms with E-state index in [1.54, 1.807) is 24.5 Å². The molecule has 0 unspecified atom stereocenters. The molecule has 6 heteroatoms. The Bertz CT molecular complexity index is 758. The predicted octanol–water partition coefficient (Wildman–Crippen LogP) is 2.99. The molecule has 0 saturated carbocycles. The van der Waals surface area contributed by atoms with Crippen molar-refractivity contribution >= 4 is 29.3 Å². The van der Waals surface area contributed by atoms with Crippen LogP contribution < -0.4 is 10.2 Å². The first-order valence-electron chi connectivity index (χ1n) is 8.81. The SMILES string of the molecule is CCC(=O)N1CCN(c2ccc(NC(=O)C=Cc3ccco3)cc2)CC1. The zero-order valence-corrected chi connectivity index (χ0v) is 14.9. The Balaban J connectivity index is 1.52. The molecule has 0 bridgehead atoms. The normalized spacial score (nSPS) is 14.7. The Kier molecular flexibility index (Phi) is 5.73. The molecule has 1 saturated heterocycles. The van der Waals surface area contributed by atoms with E-state index in [2.05, 4.69) is 10.2 Å². The third kappa shape index (κ3) is 4.53. The maximum absolute atomic E-state index is 11.9. The van der Waals surface area contributed by atoms with E-state index in [9.17, 15) is 9.59 Å². The number of carbonyl (C=O) groups excluding carboxylic acids is 2. The minimum Gasteiger partial charge on any atom is -0.465 e. The van der Waals surface area contributed by atoms with Crippen molar-refractivity contribution in [1.82, 2.24) is 4.90 Å². The quantitative estimate of drug-likeness (QED) is 0.839. The number of hydrogen-bond acceptors (Lipinski definition) is 4. The number of nitrogens with one attached hydrogen (secondary N) is 1. The molecule has 0 radical (unpaired) electrons. The second kappa shape index (κ2) is 8.38. The van der Waals surface area contributed by atoms with E-state index in [1.807, 2.05) is 36.1 Å². The highest BCUT2D eigenvalue weighted by Crippen LogP contribution is 2.20. The average molecular weight is 353 g/mol. The molecule has 1 aromatic heterocycles. The van der Waals surface area contributed by atoms with Gasteiger partial charge in [-0.3, -0.25) is 9.59 Å². The van der Waals surface area contributed by atoms with E-state index in [-0.39, 0.29) is 11.8 Å². The lowest BCUT2D eigenvalue weighted by atomic mass is 10.2. The van der Waals surface area contributed by atoms with Crippen LogP contribution in [0.15, 0.2) is 53.2 Å². The Labute approximate surface area is 153 Å². The van der Waals surface area contributed by atoms with Crippen molar-refractivity contribution in [2.45, 2.75) is 13.3 Å². The molecule has 1 aliphatic heterocycles. The molecule has 0 atom stereocenters. The zero-order valence-electron chi connectivity index (χ0n) is 14.9. The summed E-state index contributed by atoms with van der Waals surface area (Å²) >= 11 is 0. The monoisotopic (exact) mass is 353 g/mol. The maximum atomic E-state index is 11.9. The third-order valence-electron chi connectivity index (χ3n) is 4.38. The number of piperazine rings is 1. The van der Waals surface area contributed by atoms with Crippen molar-refractivity contribution in [3.63, 3.8) is 0 Å². The average Bonchev–Trinajstić information content (AvgIpc) is 3.20. The molecule has 1 N–H and O–H groups in total. The van der Waals surface area contributed by atoms with E-state index in [0.717, 1.165) is 37.6 Å². The number of carbonyl (C=O) groups is 2. The van der Waals surface area contributed by atoms with Crippen molar-refractivity contribution < 1.29 is 14.0 Å². The summed E-state index contributed by atoms with van der Waals surface area (Å²) in [7, 11) is 0. The van der Waals surface area contributed by atoms with Crippen LogP contribution in [0.1, 0.15) is 19.1 Å². The van der Waals surface area contributed by atoms with Gasteiger partial charge in [-0.2, -0.15) is 0 Å². The smallest absolute Gasteiger partial charge is 0.248 e. The summed E-state index contributed by atoms with van der Waals surface area (Å²) in [4.78, 5) is 27.8. The molecule has 2 heterocycles. The molecular weight excluding hydrogens is 330 g/mol. The maximum Gasteiger partial charge on any atom is 0.248 e. The summed E-state index contributed by atoms with van der Waals surface area (Å²) in [6.45, 7) is 5.05. The first-order valence-corrected chi connectivity index (χ1v) is 8.81. The van der Waals surface area contributed by atoms with Gasteiger partial charge in [-0.05, 0) is 42.5 Å². The predicted molar refractivity (Wildman–Crippen MR) is 102 cm³/mol. The van der Waals surface area contributed by atoms with Gasteiger partial charge in [-0.1, -0.05) is 6.92 Å². The number of rotatable bonds is 5. The largest absolute Gasteiger partial charge is 0.465 e. The fourth-order valence-electron chi connectivity index (χ4n) is 2.92. The van der Waals surface area contributed by atoms with Crippen molar-refractivity contribution in [1.29, 1.82) is 0 Å². The van der Waals surface area contributed by atoms with Gasteiger partial charge in [0, 0.05) is 50.1 Å². The van der Waals surface area contributed by atoms with Crippen LogP contribution in [0.5, 0.6) is 0 Å². The fraction of sp³-hybridized carbons (Fsp3) is 0.300. The standard InChI is InChI=1S/C20H23N3O3/c1-2-20(25)23-13-11-22(12-14-23)17-7-5-16(6-8-17)21-19(24)10-9-18-4-3-15-26-18/h3-10,15H,2,11-14H2,1H3,(H,21,24). The lowest BCUT2D eigenvalue weighted by molar-refractivity contribution is -0.131. The molecule has 3 rings (SSSR count). The fourth-order valence-corrected chi connectivity index (χ4v) is 2.92. The summed E-state index contributed by atoms with van der Waals surface area (Å²) in [6, 6.07) is 11.3. The summed E-state index contributed by atoms with van der Waals surface area (Å²) in [5, 5.41) is 2.83. The molecule has 2 amide bonds. The van der Waals surface area contributed by atoms with E-state index >= 15 is 0 Å². The van der Waals surface area contributed by atoms with Gasteiger partial charge in [0.2, 0.25) is 11.8 Å². The summed E-state index contributed by atoms with van der Waals surface area (Å²) in [5.74, 6) is 0.641. The Hall–Kier alpha value is -3.02. The minimum atomic E-state index is -0.208. The topological polar surface area (TPSA) is 65.8 Å². The van der Waals surface area contributed by atoms with Crippen LogP contribution in [0, 0.1) is 0 Å². The van der Waals surface area contributed by atoms with Crippen LogP contribution in [-0.4, -0.2) is 42.9 Å². The first kappa shape index (κ1) is 17.8. The van der Waals surface area contributed by atoms with E-state index < -0.39 is 0 Å². The van der Waals surface area contributed by atoms with E-state index in [1.165, 1.54) is 6.08 Å². The zero-order chi connectivity index (χ0) is 18.4. The summed E-state index contributed by atoms with van der Waals surface area (Å²) in [6.07, 6.45) is 5.19. The molecule has 2 aromatic rings. The lowest BCUT2D eigenvalue weighted by Gasteiger charge is -2.36. The van der Waals surface area contributed by atoms with Crippen molar-refractivity contribution in [3.05, 3.63) is 54.5 Å². The van der Waals surface area contributed by atoms with Crippen LogP contribution in [0.3, 0.4) is 0 Å². The second-order valence-electron chi connectivity index (χ2n) is 6.11.